The molecule has 1 aliphatic carbocycles. The Morgan fingerprint density at radius 2 is 2.00 bits per heavy atom. The van der Waals surface area contributed by atoms with Crippen molar-refractivity contribution in [3.63, 3.8) is 0 Å². The van der Waals surface area contributed by atoms with Gasteiger partial charge in [-0.1, -0.05) is 30.3 Å². The van der Waals surface area contributed by atoms with Gasteiger partial charge in [-0.25, -0.2) is 0 Å². The van der Waals surface area contributed by atoms with Gasteiger partial charge in [0.05, 0.1) is 12.6 Å². The molecule has 0 aromatic heterocycles. The highest BCUT2D eigenvalue weighted by atomic mass is 15.3. The molecule has 1 saturated carbocycles. The Balaban J connectivity index is 1.55. The third-order valence-electron chi connectivity index (χ3n) is 3.96. The fourth-order valence-electron chi connectivity index (χ4n) is 2.62. The molecule has 2 aliphatic rings. The van der Waals surface area contributed by atoms with Gasteiger partial charge < -0.3 is 10.6 Å². The smallest absolute Gasteiger partial charge is 0.191 e. The number of nitrogens with zero attached hydrogens (tertiary/aromatic N) is 2. The van der Waals surface area contributed by atoms with Crippen LogP contribution >= 0.6 is 0 Å². The number of guanidine groups is 1. The Morgan fingerprint density at radius 1 is 1.22 bits per heavy atom. The summed E-state index contributed by atoms with van der Waals surface area (Å²) < 4.78 is 0. The summed E-state index contributed by atoms with van der Waals surface area (Å²) in [5, 5.41) is 0. The molecule has 2 N–H and O–H groups in total. The molecule has 1 aromatic rings. The molecular formula is C15H21N3. The number of hydrogen-bond donors (Lipinski definition) is 1. The lowest BCUT2D eigenvalue weighted by Crippen LogP contribution is -2.42. The first-order chi connectivity index (χ1) is 8.83. The highest BCUT2D eigenvalue weighted by Gasteiger charge is 2.31. The summed E-state index contributed by atoms with van der Waals surface area (Å²) >= 11 is 0. The van der Waals surface area contributed by atoms with Crippen LogP contribution in [-0.4, -0.2) is 30.0 Å². The summed E-state index contributed by atoms with van der Waals surface area (Å²) in [6, 6.07) is 11.2. The average Bonchev–Trinajstić information content (AvgIpc) is 3.15. The highest BCUT2D eigenvalue weighted by molar-refractivity contribution is 5.80. The first-order valence-electron chi connectivity index (χ1n) is 6.93. The molecule has 1 aromatic carbocycles. The summed E-state index contributed by atoms with van der Waals surface area (Å²) in [5.41, 5.74) is 7.40. The predicted octanol–water partition coefficient (Wildman–Crippen LogP) is 2.03. The minimum Gasteiger partial charge on any atom is -0.370 e. The molecule has 1 heterocycles. The zero-order chi connectivity index (χ0) is 12.4. The van der Waals surface area contributed by atoms with E-state index in [1.54, 1.807) is 0 Å². The van der Waals surface area contributed by atoms with E-state index in [9.17, 15) is 0 Å². The van der Waals surface area contributed by atoms with Crippen LogP contribution < -0.4 is 5.73 Å². The average molecular weight is 243 g/mol. The standard InChI is InChI=1S/C15H21N3/c16-15-17-10-14(18(15)11-13-6-7-13)9-8-12-4-2-1-3-5-12/h1-5,13-14H,6-11H2,(H2,16,17). The summed E-state index contributed by atoms with van der Waals surface area (Å²) in [4.78, 5) is 6.75. The van der Waals surface area contributed by atoms with E-state index in [1.807, 2.05) is 0 Å². The van der Waals surface area contributed by atoms with Gasteiger partial charge in [0.1, 0.15) is 0 Å². The highest BCUT2D eigenvalue weighted by Crippen LogP contribution is 2.31. The van der Waals surface area contributed by atoms with Crippen molar-refractivity contribution in [1.82, 2.24) is 4.90 Å². The maximum atomic E-state index is 5.99. The Labute approximate surface area is 109 Å². The van der Waals surface area contributed by atoms with Crippen molar-refractivity contribution in [3.8, 4) is 0 Å². The van der Waals surface area contributed by atoms with Gasteiger partial charge in [0, 0.05) is 6.54 Å². The van der Waals surface area contributed by atoms with Crippen molar-refractivity contribution < 1.29 is 0 Å². The zero-order valence-electron chi connectivity index (χ0n) is 10.8. The number of aliphatic imine (C=N–C) groups is 1. The minimum atomic E-state index is 0.519. The van der Waals surface area contributed by atoms with Crippen molar-refractivity contribution in [1.29, 1.82) is 0 Å². The fraction of sp³-hybridized carbons (Fsp3) is 0.533. The van der Waals surface area contributed by atoms with Crippen LogP contribution in [0.25, 0.3) is 0 Å². The van der Waals surface area contributed by atoms with Gasteiger partial charge in [-0.3, -0.25) is 4.99 Å². The van der Waals surface area contributed by atoms with Gasteiger partial charge in [0.25, 0.3) is 0 Å². The topological polar surface area (TPSA) is 41.6 Å². The molecule has 0 saturated heterocycles. The van der Waals surface area contributed by atoms with Crippen LogP contribution in [0.1, 0.15) is 24.8 Å². The normalized spacial score (nSPS) is 23.2. The van der Waals surface area contributed by atoms with E-state index in [0.29, 0.717) is 6.04 Å². The second-order valence-electron chi connectivity index (χ2n) is 5.47. The monoisotopic (exact) mass is 243 g/mol. The fourth-order valence-corrected chi connectivity index (χ4v) is 2.62. The molecular weight excluding hydrogens is 222 g/mol. The zero-order valence-corrected chi connectivity index (χ0v) is 10.8. The van der Waals surface area contributed by atoms with Crippen LogP contribution in [0, 0.1) is 5.92 Å². The molecule has 3 nitrogen and oxygen atoms in total. The molecule has 0 radical (unpaired) electrons. The molecule has 1 atom stereocenters. The van der Waals surface area contributed by atoms with Gasteiger partial charge in [-0.15, -0.1) is 0 Å². The Morgan fingerprint density at radius 3 is 2.72 bits per heavy atom. The van der Waals surface area contributed by atoms with Gasteiger partial charge in [-0.2, -0.15) is 0 Å². The number of aryl methyl sites for hydroxylation is 1. The number of hydrogen-bond acceptors (Lipinski definition) is 3. The van der Waals surface area contributed by atoms with Crippen LogP contribution in [0.2, 0.25) is 0 Å². The lowest BCUT2D eigenvalue weighted by Gasteiger charge is -2.26. The Bertz CT molecular complexity index is 423. The SMILES string of the molecule is NC1=NCC(CCc2ccccc2)N1CC1CC1. The molecule has 1 aliphatic heterocycles. The molecule has 96 valence electrons. The van der Waals surface area contributed by atoms with Crippen molar-refractivity contribution in [2.75, 3.05) is 13.1 Å². The van der Waals surface area contributed by atoms with E-state index in [4.69, 9.17) is 5.73 Å². The van der Waals surface area contributed by atoms with Gasteiger partial charge >= 0.3 is 0 Å². The summed E-state index contributed by atoms with van der Waals surface area (Å²) in [6.45, 7) is 2.00. The second-order valence-corrected chi connectivity index (χ2v) is 5.47. The van der Waals surface area contributed by atoms with Crippen molar-refractivity contribution in [2.24, 2.45) is 16.6 Å². The van der Waals surface area contributed by atoms with Gasteiger partial charge in [-0.05, 0) is 37.2 Å². The Hall–Kier alpha value is -1.51. The van der Waals surface area contributed by atoms with E-state index in [2.05, 4.69) is 40.2 Å². The number of nitrogens with two attached hydrogens (primary N) is 1. The summed E-state index contributed by atoms with van der Waals surface area (Å²) in [6.07, 6.45) is 5.01. The predicted molar refractivity (Wildman–Crippen MR) is 74.5 cm³/mol. The van der Waals surface area contributed by atoms with Gasteiger partial charge in [0.15, 0.2) is 5.96 Å². The molecule has 3 rings (SSSR count). The summed E-state index contributed by atoms with van der Waals surface area (Å²) in [7, 11) is 0. The van der Waals surface area contributed by atoms with E-state index >= 15 is 0 Å². The van der Waals surface area contributed by atoms with Crippen LogP contribution in [0.5, 0.6) is 0 Å². The third-order valence-corrected chi connectivity index (χ3v) is 3.96. The molecule has 0 amide bonds. The van der Waals surface area contributed by atoms with Crippen LogP contribution in [-0.2, 0) is 6.42 Å². The second kappa shape index (κ2) is 5.01. The molecule has 1 unspecified atom stereocenters. The molecule has 18 heavy (non-hydrogen) atoms. The molecule has 3 heteroatoms. The van der Waals surface area contributed by atoms with Crippen molar-refractivity contribution in [2.45, 2.75) is 31.7 Å². The lowest BCUT2D eigenvalue weighted by atomic mass is 10.0. The van der Waals surface area contributed by atoms with E-state index < -0.39 is 0 Å². The van der Waals surface area contributed by atoms with E-state index in [1.165, 1.54) is 18.4 Å². The minimum absolute atomic E-state index is 0.519. The third kappa shape index (κ3) is 2.66. The summed E-state index contributed by atoms with van der Waals surface area (Å²) in [5.74, 6) is 1.64. The van der Waals surface area contributed by atoms with Gasteiger partial charge in [0.2, 0.25) is 0 Å². The van der Waals surface area contributed by atoms with Crippen LogP contribution in [0.3, 0.4) is 0 Å². The van der Waals surface area contributed by atoms with Crippen LogP contribution in [0.15, 0.2) is 35.3 Å². The largest absolute Gasteiger partial charge is 0.370 e. The first kappa shape index (κ1) is 11.6. The van der Waals surface area contributed by atoms with Crippen molar-refractivity contribution >= 4 is 5.96 Å². The maximum Gasteiger partial charge on any atom is 0.191 e. The Kier molecular flexibility index (Phi) is 3.22. The quantitative estimate of drug-likeness (QED) is 0.859. The van der Waals surface area contributed by atoms with Crippen molar-refractivity contribution in [3.05, 3.63) is 35.9 Å². The number of benzene rings is 1. The van der Waals surface area contributed by atoms with Crippen LogP contribution in [0.4, 0.5) is 0 Å². The first-order valence-corrected chi connectivity index (χ1v) is 6.93. The maximum absolute atomic E-state index is 5.99. The lowest BCUT2D eigenvalue weighted by molar-refractivity contribution is 0.312. The van der Waals surface area contributed by atoms with E-state index in [0.717, 1.165) is 37.8 Å². The molecule has 1 fully saturated rings. The van der Waals surface area contributed by atoms with E-state index in [-0.39, 0.29) is 0 Å². The molecule has 0 spiro atoms. The molecule has 0 bridgehead atoms. The number of rotatable bonds is 5.